The van der Waals surface area contributed by atoms with Gasteiger partial charge in [0.1, 0.15) is 0 Å². The van der Waals surface area contributed by atoms with Crippen LogP contribution in [0.15, 0.2) is 22.7 Å². The van der Waals surface area contributed by atoms with Crippen molar-refractivity contribution in [3.63, 3.8) is 0 Å². The molecule has 0 aliphatic carbocycles. The van der Waals surface area contributed by atoms with Crippen LogP contribution >= 0.6 is 0 Å². The van der Waals surface area contributed by atoms with Gasteiger partial charge in [-0.25, -0.2) is 0 Å². The summed E-state index contributed by atoms with van der Waals surface area (Å²) in [6.45, 7) is 2.87. The number of hydrogen-bond donors (Lipinski definition) is 2. The second-order valence-corrected chi connectivity index (χ2v) is 7.02. The molecule has 0 spiro atoms. The molecule has 1 unspecified atom stereocenters. The molecule has 0 bridgehead atoms. The number of benzene rings is 1. The first-order valence-corrected chi connectivity index (χ1v) is 9.29. The minimum absolute atomic E-state index is 0.191. The van der Waals surface area contributed by atoms with E-state index in [0.717, 1.165) is 62.2 Å². The number of nitrogens with one attached hydrogen (secondary N) is 2. The topological polar surface area (TPSA) is 104 Å². The van der Waals surface area contributed by atoms with Gasteiger partial charge in [-0.05, 0) is 25.3 Å². The number of anilines is 1. The van der Waals surface area contributed by atoms with E-state index in [2.05, 4.69) is 15.5 Å². The molecule has 2 aliphatic heterocycles. The number of amides is 1. The van der Waals surface area contributed by atoms with E-state index >= 15 is 0 Å². The molecule has 3 heterocycles. The third-order valence-corrected chi connectivity index (χ3v) is 5.23. The summed E-state index contributed by atoms with van der Waals surface area (Å²) in [4.78, 5) is 17.2. The van der Waals surface area contributed by atoms with Gasteiger partial charge >= 0.3 is 0 Å². The zero-order valence-corrected chi connectivity index (χ0v) is 15.1. The normalized spacial score (nSPS) is 20.6. The molecule has 1 atom stereocenters. The van der Waals surface area contributed by atoms with Crippen LogP contribution in [0, 0.1) is 5.41 Å². The van der Waals surface area contributed by atoms with Gasteiger partial charge in [-0.15, -0.1) is 0 Å². The van der Waals surface area contributed by atoms with Crippen molar-refractivity contribution in [2.24, 2.45) is 0 Å². The average molecular weight is 369 g/mol. The molecule has 8 heteroatoms. The fourth-order valence-electron chi connectivity index (χ4n) is 3.58. The number of rotatable bonds is 6. The first-order chi connectivity index (χ1) is 13.3. The summed E-state index contributed by atoms with van der Waals surface area (Å²) in [5.74, 6) is 1.37. The smallest absolute Gasteiger partial charge is 0.230 e. The summed E-state index contributed by atoms with van der Waals surface area (Å²) in [6.07, 6.45) is 4.85. The second kappa shape index (κ2) is 7.87. The largest absolute Gasteiger partial charge is 0.379 e. The van der Waals surface area contributed by atoms with Crippen LogP contribution in [0.2, 0.25) is 0 Å². The van der Waals surface area contributed by atoms with E-state index in [-0.39, 0.29) is 12.0 Å². The van der Waals surface area contributed by atoms with Gasteiger partial charge in [-0.2, -0.15) is 4.98 Å². The molecule has 2 aromatic rings. The number of aromatic nitrogens is 2. The first-order valence-electron chi connectivity index (χ1n) is 9.29. The van der Waals surface area contributed by atoms with E-state index in [4.69, 9.17) is 14.7 Å². The fraction of sp³-hybridized carbons (Fsp3) is 0.474. The van der Waals surface area contributed by atoms with E-state index in [1.807, 2.05) is 18.2 Å². The van der Waals surface area contributed by atoms with Crippen molar-refractivity contribution in [3.05, 3.63) is 29.7 Å². The van der Waals surface area contributed by atoms with Crippen LogP contribution in [0.3, 0.4) is 0 Å². The molecule has 1 aromatic heterocycles. The molecular weight excluding hydrogens is 346 g/mol. The van der Waals surface area contributed by atoms with Crippen LogP contribution in [0.1, 0.15) is 36.6 Å². The van der Waals surface area contributed by atoms with Crippen LogP contribution < -0.4 is 5.32 Å². The van der Waals surface area contributed by atoms with Crippen molar-refractivity contribution in [3.8, 4) is 11.4 Å². The van der Waals surface area contributed by atoms with Crippen LogP contribution in [-0.2, 0) is 9.53 Å². The number of carbonyl (C=O) groups is 1. The van der Waals surface area contributed by atoms with Crippen LogP contribution in [0.5, 0.6) is 0 Å². The Morgan fingerprint density at radius 3 is 2.81 bits per heavy atom. The highest BCUT2D eigenvalue weighted by Crippen LogP contribution is 2.29. The summed E-state index contributed by atoms with van der Waals surface area (Å²) in [6, 6.07) is 6.00. The molecular formula is C19H23N5O3. The molecule has 142 valence electrons. The van der Waals surface area contributed by atoms with Crippen LogP contribution in [0.25, 0.3) is 11.4 Å². The molecule has 8 nitrogen and oxygen atoms in total. The highest BCUT2D eigenvalue weighted by Gasteiger charge is 2.25. The Labute approximate surface area is 157 Å². The Balaban J connectivity index is 1.52. The maximum absolute atomic E-state index is 10.8. The van der Waals surface area contributed by atoms with Gasteiger partial charge < -0.3 is 24.9 Å². The number of nitrogens with zero attached hydrogens (tertiary/aromatic N) is 3. The van der Waals surface area contributed by atoms with Crippen molar-refractivity contribution < 1.29 is 14.1 Å². The van der Waals surface area contributed by atoms with Crippen molar-refractivity contribution in [1.29, 1.82) is 5.41 Å². The Morgan fingerprint density at radius 1 is 1.26 bits per heavy atom. The van der Waals surface area contributed by atoms with E-state index in [1.165, 1.54) is 6.21 Å². The monoisotopic (exact) mass is 369 g/mol. The van der Waals surface area contributed by atoms with Gasteiger partial charge in [-0.3, -0.25) is 4.79 Å². The van der Waals surface area contributed by atoms with E-state index in [0.29, 0.717) is 18.3 Å². The van der Waals surface area contributed by atoms with Crippen molar-refractivity contribution in [1.82, 2.24) is 15.0 Å². The highest BCUT2D eigenvalue weighted by atomic mass is 16.5. The Bertz CT molecular complexity index is 807. The molecule has 27 heavy (non-hydrogen) atoms. The molecule has 2 saturated heterocycles. The molecule has 2 N–H and O–H groups in total. The lowest BCUT2D eigenvalue weighted by atomic mass is 9.97. The maximum atomic E-state index is 10.8. The quantitative estimate of drug-likeness (QED) is 0.598. The first kappa shape index (κ1) is 17.7. The van der Waals surface area contributed by atoms with Gasteiger partial charge in [0.05, 0.1) is 12.6 Å². The summed E-state index contributed by atoms with van der Waals surface area (Å²) >= 11 is 0. The Morgan fingerprint density at radius 2 is 2.11 bits per heavy atom. The summed E-state index contributed by atoms with van der Waals surface area (Å²) in [5.41, 5.74) is 2.54. The highest BCUT2D eigenvalue weighted by molar-refractivity contribution is 5.87. The number of likely N-dealkylation sites (tertiary alicyclic amines) is 1. The SMILES string of the molecule is N=Cc1ccc(-c2noc(C3CCN(C=O)CC3)n2)cc1NC1CCOC1. The fourth-order valence-corrected chi connectivity index (χ4v) is 3.58. The average Bonchev–Trinajstić information content (AvgIpc) is 3.40. The molecule has 1 aromatic carbocycles. The summed E-state index contributed by atoms with van der Waals surface area (Å²) in [7, 11) is 0. The molecule has 0 saturated carbocycles. The third-order valence-electron chi connectivity index (χ3n) is 5.23. The van der Waals surface area contributed by atoms with Crippen molar-refractivity contribution in [2.75, 3.05) is 31.6 Å². The third kappa shape index (κ3) is 3.85. The maximum Gasteiger partial charge on any atom is 0.230 e. The lowest BCUT2D eigenvalue weighted by Crippen LogP contribution is -2.31. The zero-order valence-electron chi connectivity index (χ0n) is 15.1. The Kier molecular flexibility index (Phi) is 5.15. The molecule has 1 amide bonds. The van der Waals surface area contributed by atoms with Crippen molar-refractivity contribution in [2.45, 2.75) is 31.2 Å². The summed E-state index contributed by atoms with van der Waals surface area (Å²) < 4.78 is 10.9. The minimum Gasteiger partial charge on any atom is -0.379 e. The number of carbonyl (C=O) groups excluding carboxylic acids is 1. The molecule has 2 aliphatic rings. The summed E-state index contributed by atoms with van der Waals surface area (Å²) in [5, 5.41) is 15.2. The number of hydrogen-bond acceptors (Lipinski definition) is 7. The van der Waals surface area contributed by atoms with Gasteiger partial charge in [0.2, 0.25) is 18.1 Å². The standard InChI is InChI=1S/C19H23N5O3/c20-10-15-2-1-14(9-17(15)21-16-5-8-26-11-16)18-22-19(27-23-18)13-3-6-24(12-25)7-4-13/h1-2,9-10,12-13,16,20-21H,3-8,11H2. The zero-order chi connectivity index (χ0) is 18.6. The predicted molar refractivity (Wildman–Crippen MR) is 100 cm³/mol. The van der Waals surface area contributed by atoms with E-state index in [1.54, 1.807) is 4.90 Å². The second-order valence-electron chi connectivity index (χ2n) is 7.02. The van der Waals surface area contributed by atoms with E-state index in [9.17, 15) is 4.79 Å². The minimum atomic E-state index is 0.191. The predicted octanol–water partition coefficient (Wildman–Crippen LogP) is 2.27. The number of ether oxygens (including phenoxy) is 1. The van der Waals surface area contributed by atoms with E-state index < -0.39 is 0 Å². The van der Waals surface area contributed by atoms with Gasteiger partial charge in [0, 0.05) is 48.6 Å². The van der Waals surface area contributed by atoms with Gasteiger partial charge in [-0.1, -0.05) is 17.3 Å². The number of piperidine rings is 1. The van der Waals surface area contributed by atoms with Crippen LogP contribution in [0.4, 0.5) is 5.69 Å². The van der Waals surface area contributed by atoms with Crippen molar-refractivity contribution >= 4 is 18.3 Å². The molecule has 0 radical (unpaired) electrons. The Hall–Kier alpha value is -2.74. The van der Waals surface area contributed by atoms with Gasteiger partial charge in [0.25, 0.3) is 0 Å². The van der Waals surface area contributed by atoms with Gasteiger partial charge in [0.15, 0.2) is 0 Å². The lowest BCUT2D eigenvalue weighted by Gasteiger charge is -2.26. The lowest BCUT2D eigenvalue weighted by molar-refractivity contribution is -0.119. The molecule has 2 fully saturated rings. The molecule has 4 rings (SSSR count). The van der Waals surface area contributed by atoms with Crippen LogP contribution in [-0.4, -0.2) is 60.0 Å².